The molecule has 1 fully saturated rings. The number of nitrogens with zero attached hydrogens (tertiary/aromatic N) is 5. The Labute approximate surface area is 139 Å². The predicted octanol–water partition coefficient (Wildman–Crippen LogP) is 1.57. The molecule has 24 heavy (non-hydrogen) atoms. The lowest BCUT2D eigenvalue weighted by Crippen LogP contribution is -2.42. The molecule has 4 rings (SSSR count). The summed E-state index contributed by atoms with van der Waals surface area (Å²) in [6.45, 7) is 2.48. The van der Waals surface area contributed by atoms with Crippen molar-refractivity contribution in [3.05, 3.63) is 53.1 Å². The number of H-pyrrole nitrogens is 1. The van der Waals surface area contributed by atoms with Crippen LogP contribution in [0.4, 0.5) is 0 Å². The quantitative estimate of drug-likeness (QED) is 0.788. The first-order valence-corrected chi connectivity index (χ1v) is 8.34. The van der Waals surface area contributed by atoms with Gasteiger partial charge < -0.3 is 4.98 Å². The van der Waals surface area contributed by atoms with Crippen molar-refractivity contribution < 1.29 is 0 Å². The smallest absolute Gasteiger partial charge is 0.258 e. The number of nitrogens with one attached hydrogen (secondary N) is 1. The molecule has 7 nitrogen and oxygen atoms in total. The van der Waals surface area contributed by atoms with Crippen LogP contribution in [0.25, 0.3) is 10.9 Å². The van der Waals surface area contributed by atoms with E-state index in [-0.39, 0.29) is 5.56 Å². The van der Waals surface area contributed by atoms with Gasteiger partial charge in [0.1, 0.15) is 18.5 Å². The number of rotatable bonds is 4. The monoisotopic (exact) mass is 324 g/mol. The number of piperidine rings is 1. The highest BCUT2D eigenvalue weighted by Crippen LogP contribution is 2.20. The van der Waals surface area contributed by atoms with Crippen LogP contribution < -0.4 is 5.56 Å². The second-order valence-electron chi connectivity index (χ2n) is 6.27. The van der Waals surface area contributed by atoms with Gasteiger partial charge in [-0.3, -0.25) is 14.4 Å². The third-order valence-electron chi connectivity index (χ3n) is 4.63. The highest BCUT2D eigenvalue weighted by molar-refractivity contribution is 5.77. The maximum absolute atomic E-state index is 12.2. The number of likely N-dealkylation sites (tertiary alicyclic amines) is 1. The van der Waals surface area contributed by atoms with Crippen LogP contribution in [-0.2, 0) is 13.1 Å². The molecule has 1 aliphatic rings. The number of hydrogen-bond donors (Lipinski definition) is 1. The van der Waals surface area contributed by atoms with E-state index < -0.39 is 0 Å². The van der Waals surface area contributed by atoms with E-state index in [9.17, 15) is 4.79 Å². The molecule has 3 heterocycles. The summed E-state index contributed by atoms with van der Waals surface area (Å²) in [5.41, 5.74) is 0.682. The molecule has 1 aromatic carbocycles. The summed E-state index contributed by atoms with van der Waals surface area (Å²) in [6, 6.07) is 7.85. The Bertz CT molecular complexity index is 872. The molecule has 0 bridgehead atoms. The Morgan fingerprint density at radius 3 is 3.04 bits per heavy atom. The van der Waals surface area contributed by atoms with Crippen LogP contribution in [0, 0.1) is 0 Å². The minimum atomic E-state index is -0.0690. The van der Waals surface area contributed by atoms with E-state index in [0.29, 0.717) is 18.0 Å². The SMILES string of the molecule is O=c1[nH]c(CN2CCCCC2Cn2cncn2)nc2ccccc12. The van der Waals surface area contributed by atoms with Crippen LogP contribution in [0.5, 0.6) is 0 Å². The highest BCUT2D eigenvalue weighted by atomic mass is 16.1. The second kappa shape index (κ2) is 6.52. The van der Waals surface area contributed by atoms with Gasteiger partial charge in [-0.15, -0.1) is 0 Å². The third-order valence-corrected chi connectivity index (χ3v) is 4.63. The van der Waals surface area contributed by atoms with Gasteiger partial charge in [0.25, 0.3) is 5.56 Å². The van der Waals surface area contributed by atoms with Gasteiger partial charge in [0.05, 0.1) is 24.0 Å². The van der Waals surface area contributed by atoms with E-state index >= 15 is 0 Å². The Morgan fingerprint density at radius 2 is 2.17 bits per heavy atom. The van der Waals surface area contributed by atoms with Crippen LogP contribution >= 0.6 is 0 Å². The first-order chi connectivity index (χ1) is 11.8. The molecule has 1 unspecified atom stereocenters. The summed E-state index contributed by atoms with van der Waals surface area (Å²) < 4.78 is 1.87. The first kappa shape index (κ1) is 15.0. The molecule has 124 valence electrons. The zero-order valence-corrected chi connectivity index (χ0v) is 13.4. The van der Waals surface area contributed by atoms with E-state index in [0.717, 1.165) is 30.9 Å². The van der Waals surface area contributed by atoms with Gasteiger partial charge in [0.2, 0.25) is 0 Å². The van der Waals surface area contributed by atoms with Gasteiger partial charge in [-0.1, -0.05) is 18.6 Å². The minimum Gasteiger partial charge on any atom is -0.309 e. The Balaban J connectivity index is 1.57. The molecule has 0 saturated carbocycles. The molecule has 1 aliphatic heterocycles. The topological polar surface area (TPSA) is 79.7 Å². The van der Waals surface area contributed by atoms with E-state index in [1.54, 1.807) is 18.7 Å². The molecule has 7 heteroatoms. The van der Waals surface area contributed by atoms with E-state index in [1.807, 2.05) is 22.9 Å². The lowest BCUT2D eigenvalue weighted by Gasteiger charge is -2.35. The van der Waals surface area contributed by atoms with Crippen molar-refractivity contribution in [1.82, 2.24) is 29.6 Å². The number of aromatic amines is 1. The Morgan fingerprint density at radius 1 is 1.25 bits per heavy atom. The minimum absolute atomic E-state index is 0.0690. The van der Waals surface area contributed by atoms with Gasteiger partial charge >= 0.3 is 0 Å². The number of para-hydroxylation sites is 1. The molecule has 1 saturated heterocycles. The molecular weight excluding hydrogens is 304 g/mol. The lowest BCUT2D eigenvalue weighted by atomic mass is 10.0. The van der Waals surface area contributed by atoms with Crippen LogP contribution in [0.15, 0.2) is 41.7 Å². The summed E-state index contributed by atoms with van der Waals surface area (Å²) in [4.78, 5) is 26.2. The number of hydrogen-bond acceptors (Lipinski definition) is 5. The first-order valence-electron chi connectivity index (χ1n) is 8.34. The molecular formula is C17H20N6O. The van der Waals surface area contributed by atoms with E-state index in [2.05, 4.69) is 25.0 Å². The van der Waals surface area contributed by atoms with Crippen molar-refractivity contribution in [3.8, 4) is 0 Å². The van der Waals surface area contributed by atoms with Crippen molar-refractivity contribution >= 4 is 10.9 Å². The molecule has 0 radical (unpaired) electrons. The Hall–Kier alpha value is -2.54. The normalized spacial score (nSPS) is 18.9. The van der Waals surface area contributed by atoms with Gasteiger partial charge in [-0.05, 0) is 31.5 Å². The van der Waals surface area contributed by atoms with Crippen molar-refractivity contribution in [2.24, 2.45) is 0 Å². The van der Waals surface area contributed by atoms with Crippen molar-refractivity contribution in [3.63, 3.8) is 0 Å². The molecule has 0 spiro atoms. The van der Waals surface area contributed by atoms with Crippen LogP contribution in [0.2, 0.25) is 0 Å². The number of aromatic nitrogens is 5. The average molecular weight is 324 g/mol. The summed E-state index contributed by atoms with van der Waals surface area (Å²) in [5.74, 6) is 0.726. The van der Waals surface area contributed by atoms with Crippen molar-refractivity contribution in [2.45, 2.75) is 38.4 Å². The van der Waals surface area contributed by atoms with Gasteiger partial charge in [0.15, 0.2) is 0 Å². The van der Waals surface area contributed by atoms with E-state index in [4.69, 9.17) is 0 Å². The molecule has 0 aliphatic carbocycles. The summed E-state index contributed by atoms with van der Waals surface area (Å²) in [7, 11) is 0. The average Bonchev–Trinajstić information content (AvgIpc) is 3.10. The molecule has 3 aromatic rings. The third kappa shape index (κ3) is 3.07. The lowest BCUT2D eigenvalue weighted by molar-refractivity contribution is 0.119. The fourth-order valence-corrected chi connectivity index (χ4v) is 3.42. The second-order valence-corrected chi connectivity index (χ2v) is 6.27. The number of fused-ring (bicyclic) bond motifs is 1. The molecule has 0 amide bonds. The summed E-state index contributed by atoms with van der Waals surface area (Å²) >= 11 is 0. The van der Waals surface area contributed by atoms with Crippen molar-refractivity contribution in [2.75, 3.05) is 6.54 Å². The van der Waals surface area contributed by atoms with Gasteiger partial charge in [-0.2, -0.15) is 5.10 Å². The fraction of sp³-hybridized carbons (Fsp3) is 0.412. The fourth-order valence-electron chi connectivity index (χ4n) is 3.42. The maximum atomic E-state index is 12.2. The molecule has 2 aromatic heterocycles. The van der Waals surface area contributed by atoms with Crippen LogP contribution in [0.3, 0.4) is 0 Å². The number of benzene rings is 1. The summed E-state index contributed by atoms with van der Waals surface area (Å²) in [5, 5.41) is 4.85. The molecule has 1 N–H and O–H groups in total. The summed E-state index contributed by atoms with van der Waals surface area (Å²) in [6.07, 6.45) is 6.83. The van der Waals surface area contributed by atoms with Crippen LogP contribution in [-0.4, -0.2) is 42.2 Å². The van der Waals surface area contributed by atoms with Crippen LogP contribution in [0.1, 0.15) is 25.1 Å². The maximum Gasteiger partial charge on any atom is 0.258 e. The van der Waals surface area contributed by atoms with Gasteiger partial charge in [-0.25, -0.2) is 9.97 Å². The standard InChI is InChI=1S/C17H20N6O/c24-17-14-6-1-2-7-15(14)20-16(21-17)10-22-8-4-3-5-13(22)9-23-12-18-11-19-23/h1-2,6-7,11-13H,3-5,8-10H2,(H,20,21,24). The van der Waals surface area contributed by atoms with Crippen molar-refractivity contribution in [1.29, 1.82) is 0 Å². The van der Waals surface area contributed by atoms with Gasteiger partial charge in [0, 0.05) is 6.04 Å². The van der Waals surface area contributed by atoms with E-state index in [1.165, 1.54) is 12.8 Å². The highest BCUT2D eigenvalue weighted by Gasteiger charge is 2.24. The molecule has 1 atom stereocenters. The zero-order chi connectivity index (χ0) is 16.4. The zero-order valence-electron chi connectivity index (χ0n) is 13.4. The predicted molar refractivity (Wildman–Crippen MR) is 90.4 cm³/mol. The largest absolute Gasteiger partial charge is 0.309 e. The Kier molecular flexibility index (Phi) is 4.08.